The molecule has 0 saturated heterocycles. The molecule has 1 atom stereocenters. The minimum absolute atomic E-state index is 0.207. The monoisotopic (exact) mass is 180 g/mol. The van der Waals surface area contributed by atoms with E-state index in [1.807, 2.05) is 25.1 Å². The Morgan fingerprint density at radius 3 is 2.83 bits per heavy atom. The first-order chi connectivity index (χ1) is 5.75. The summed E-state index contributed by atoms with van der Waals surface area (Å²) in [6, 6.07) is 5.52. The van der Waals surface area contributed by atoms with Crippen LogP contribution in [0.5, 0.6) is 0 Å². The Morgan fingerprint density at radius 2 is 2.42 bits per heavy atom. The molecule has 12 heavy (non-hydrogen) atoms. The summed E-state index contributed by atoms with van der Waals surface area (Å²) >= 11 is 4.60. The molecule has 1 rings (SSSR count). The quantitative estimate of drug-likeness (QED) is 0.662. The van der Waals surface area contributed by atoms with E-state index >= 15 is 0 Å². The van der Waals surface area contributed by atoms with Crippen LogP contribution in [0.2, 0.25) is 0 Å². The highest BCUT2D eigenvalue weighted by molar-refractivity contribution is 7.77. The zero-order valence-corrected chi connectivity index (χ0v) is 7.67. The van der Waals surface area contributed by atoms with Crippen LogP contribution in [-0.4, -0.2) is 10.1 Å². The summed E-state index contributed by atoms with van der Waals surface area (Å²) in [5.41, 5.74) is 0.778. The Labute approximate surface area is 77.4 Å². The minimum Gasteiger partial charge on any atom is -0.741 e. The second-order valence-corrected chi connectivity index (χ2v) is 2.94. The molecule has 1 aromatic heterocycles. The third kappa shape index (κ3) is 2.01. The van der Waals surface area contributed by atoms with E-state index in [0.717, 1.165) is 12.1 Å². The highest BCUT2D eigenvalue weighted by Gasteiger charge is 2.09. The number of nitrogens with zero attached hydrogens (tertiary/aromatic N) is 1. The molecule has 1 unspecified atom stereocenters. The lowest BCUT2D eigenvalue weighted by molar-refractivity contribution is -0.112. The molecule has 0 aliphatic rings. The standard InChI is InChI=1S/C9H11NOS/c1-2-7(9(11)12)8-5-3-4-6-10-8/h3-7H,2H2,1H3,(H,11,12)/p-1. The van der Waals surface area contributed by atoms with Gasteiger partial charge < -0.3 is 17.4 Å². The first-order valence-electron chi connectivity index (χ1n) is 3.87. The number of pyridine rings is 1. The maximum Gasteiger partial charge on any atom is 0.0489 e. The molecule has 64 valence electrons. The van der Waals surface area contributed by atoms with Crippen molar-refractivity contribution in [2.45, 2.75) is 19.3 Å². The van der Waals surface area contributed by atoms with Gasteiger partial charge in [-0.05, 0) is 18.6 Å². The van der Waals surface area contributed by atoms with Crippen molar-refractivity contribution in [1.29, 1.82) is 0 Å². The summed E-state index contributed by atoms with van der Waals surface area (Å²) in [4.78, 5) is 15.0. The molecule has 0 aromatic carbocycles. The molecular weight excluding hydrogens is 170 g/mol. The molecule has 0 amide bonds. The molecule has 0 aliphatic heterocycles. The second-order valence-electron chi connectivity index (χ2n) is 2.53. The topological polar surface area (TPSA) is 30.0 Å². The molecule has 1 aromatic rings. The molecule has 0 spiro atoms. The number of aromatic nitrogens is 1. The summed E-state index contributed by atoms with van der Waals surface area (Å²) in [5.74, 6) is -0.207. The van der Waals surface area contributed by atoms with E-state index in [4.69, 9.17) is 0 Å². The summed E-state index contributed by atoms with van der Waals surface area (Å²) in [6.45, 7) is 1.93. The number of hydrogen-bond donors (Lipinski definition) is 0. The maximum atomic E-state index is 11.0. The molecule has 0 aliphatic carbocycles. The van der Waals surface area contributed by atoms with Crippen LogP contribution >= 0.6 is 0 Å². The molecule has 3 heteroatoms. The van der Waals surface area contributed by atoms with Crippen LogP contribution < -0.4 is 0 Å². The van der Waals surface area contributed by atoms with E-state index in [1.165, 1.54) is 0 Å². The summed E-state index contributed by atoms with van der Waals surface area (Å²) in [7, 11) is 0. The van der Waals surface area contributed by atoms with Crippen molar-refractivity contribution in [3.05, 3.63) is 30.1 Å². The summed E-state index contributed by atoms with van der Waals surface area (Å²) in [6.07, 6.45) is 2.40. The Kier molecular flexibility index (Phi) is 3.17. The van der Waals surface area contributed by atoms with Gasteiger partial charge in [0.1, 0.15) is 0 Å². The smallest absolute Gasteiger partial charge is 0.0489 e. The van der Waals surface area contributed by atoms with E-state index < -0.39 is 0 Å². The van der Waals surface area contributed by atoms with Gasteiger partial charge in [-0.15, -0.1) is 0 Å². The van der Waals surface area contributed by atoms with Gasteiger partial charge in [0.15, 0.2) is 0 Å². The Bertz CT molecular complexity index is 260. The molecule has 0 bridgehead atoms. The van der Waals surface area contributed by atoms with Gasteiger partial charge in [-0.25, -0.2) is 0 Å². The first kappa shape index (κ1) is 9.13. The van der Waals surface area contributed by atoms with E-state index in [1.54, 1.807) is 6.20 Å². The third-order valence-corrected chi connectivity index (χ3v) is 2.02. The van der Waals surface area contributed by atoms with Crippen LogP contribution in [0.1, 0.15) is 25.0 Å². The van der Waals surface area contributed by atoms with Crippen LogP contribution in [0.3, 0.4) is 0 Å². The molecule has 0 saturated carbocycles. The van der Waals surface area contributed by atoms with Crippen LogP contribution in [-0.2, 0) is 17.4 Å². The number of hydrogen-bond acceptors (Lipinski definition) is 3. The van der Waals surface area contributed by atoms with Crippen LogP contribution in [0.25, 0.3) is 0 Å². The Hall–Kier alpha value is -0.960. The van der Waals surface area contributed by atoms with Crippen LogP contribution in [0, 0.1) is 0 Å². The average molecular weight is 180 g/mol. The van der Waals surface area contributed by atoms with Gasteiger partial charge in [-0.1, -0.05) is 13.0 Å². The van der Waals surface area contributed by atoms with Gasteiger partial charge in [-0.2, -0.15) is 0 Å². The van der Waals surface area contributed by atoms with Gasteiger partial charge in [0.05, 0.1) is 0 Å². The summed E-state index contributed by atoms with van der Waals surface area (Å²) < 4.78 is 0. The van der Waals surface area contributed by atoms with Crippen molar-refractivity contribution < 1.29 is 4.79 Å². The number of rotatable bonds is 3. The van der Waals surface area contributed by atoms with Crippen molar-refractivity contribution in [3.8, 4) is 0 Å². The maximum absolute atomic E-state index is 11.0. The molecule has 1 heterocycles. The lowest BCUT2D eigenvalue weighted by Crippen LogP contribution is -2.09. The van der Waals surface area contributed by atoms with Gasteiger partial charge in [0, 0.05) is 22.9 Å². The molecule has 0 radical (unpaired) electrons. The largest absolute Gasteiger partial charge is 0.741 e. The fraction of sp³-hybridized carbons (Fsp3) is 0.333. The normalized spacial score (nSPS) is 12.4. The summed E-state index contributed by atoms with van der Waals surface area (Å²) in [5, 5.41) is -0.226. The zero-order chi connectivity index (χ0) is 8.97. The highest BCUT2D eigenvalue weighted by atomic mass is 32.1. The van der Waals surface area contributed by atoms with E-state index in [2.05, 4.69) is 17.6 Å². The molecular formula is C9H10NOS-. The lowest BCUT2D eigenvalue weighted by atomic mass is 10.0. The first-order valence-corrected chi connectivity index (χ1v) is 4.28. The number of carbonyl (C=O) groups is 1. The van der Waals surface area contributed by atoms with Gasteiger partial charge >= 0.3 is 0 Å². The second kappa shape index (κ2) is 4.16. The highest BCUT2D eigenvalue weighted by Crippen LogP contribution is 2.16. The van der Waals surface area contributed by atoms with Crippen molar-refractivity contribution in [2.75, 3.05) is 0 Å². The van der Waals surface area contributed by atoms with E-state index in [-0.39, 0.29) is 11.0 Å². The predicted molar refractivity (Wildman–Crippen MR) is 49.6 cm³/mol. The van der Waals surface area contributed by atoms with Crippen molar-refractivity contribution in [3.63, 3.8) is 0 Å². The van der Waals surface area contributed by atoms with Crippen LogP contribution in [0.4, 0.5) is 0 Å². The minimum atomic E-state index is -0.226. The van der Waals surface area contributed by atoms with E-state index in [0.29, 0.717) is 0 Å². The van der Waals surface area contributed by atoms with Crippen LogP contribution in [0.15, 0.2) is 24.4 Å². The van der Waals surface area contributed by atoms with Gasteiger partial charge in [-0.3, -0.25) is 4.98 Å². The van der Waals surface area contributed by atoms with Gasteiger partial charge in [0.25, 0.3) is 0 Å². The van der Waals surface area contributed by atoms with Crippen molar-refractivity contribution in [1.82, 2.24) is 4.98 Å². The molecule has 2 nitrogen and oxygen atoms in total. The van der Waals surface area contributed by atoms with Gasteiger partial charge in [0.2, 0.25) is 0 Å². The van der Waals surface area contributed by atoms with Crippen molar-refractivity contribution in [2.24, 2.45) is 0 Å². The fourth-order valence-electron chi connectivity index (χ4n) is 1.08. The number of carbonyl (C=O) groups excluding carboxylic acids is 1. The lowest BCUT2D eigenvalue weighted by Gasteiger charge is -2.15. The third-order valence-electron chi connectivity index (χ3n) is 1.74. The molecule has 0 fully saturated rings. The zero-order valence-electron chi connectivity index (χ0n) is 6.86. The Morgan fingerprint density at radius 1 is 1.67 bits per heavy atom. The SMILES string of the molecule is CCC(C(=O)[S-])c1ccccn1. The van der Waals surface area contributed by atoms with E-state index in [9.17, 15) is 4.79 Å². The molecule has 0 N–H and O–H groups in total. The predicted octanol–water partition coefficient (Wildman–Crippen LogP) is 1.65. The average Bonchev–Trinajstić information content (AvgIpc) is 2.07. The fourth-order valence-corrected chi connectivity index (χ4v) is 1.37. The van der Waals surface area contributed by atoms with Crippen molar-refractivity contribution >= 4 is 17.7 Å². The Balaban J connectivity index is 2.88.